The highest BCUT2D eigenvalue weighted by atomic mass is 16.5. The van der Waals surface area contributed by atoms with E-state index in [1.54, 1.807) is 0 Å². The van der Waals surface area contributed by atoms with Crippen LogP contribution in [0.25, 0.3) is 0 Å². The van der Waals surface area contributed by atoms with E-state index in [2.05, 4.69) is 6.92 Å². The Hall–Kier alpha value is -0.370. The lowest BCUT2D eigenvalue weighted by molar-refractivity contribution is -0.111. The van der Waals surface area contributed by atoms with Crippen LogP contribution in [0.3, 0.4) is 0 Å². The van der Waals surface area contributed by atoms with Gasteiger partial charge in [-0.25, -0.2) is 0 Å². The molecule has 0 aromatic rings. The SMILES string of the molecule is CC(C=O)CC(C)COC(C)C. The Morgan fingerprint density at radius 1 is 1.25 bits per heavy atom. The van der Waals surface area contributed by atoms with Crippen molar-refractivity contribution in [1.82, 2.24) is 0 Å². The summed E-state index contributed by atoms with van der Waals surface area (Å²) in [6, 6.07) is 0. The highest BCUT2D eigenvalue weighted by molar-refractivity contribution is 5.52. The minimum absolute atomic E-state index is 0.163. The normalized spacial score (nSPS) is 16.1. The highest BCUT2D eigenvalue weighted by Gasteiger charge is 2.08. The molecule has 0 saturated carbocycles. The van der Waals surface area contributed by atoms with E-state index in [-0.39, 0.29) is 5.92 Å². The summed E-state index contributed by atoms with van der Waals surface area (Å²) in [6.45, 7) is 8.86. The van der Waals surface area contributed by atoms with E-state index in [0.717, 1.165) is 19.3 Å². The summed E-state index contributed by atoms with van der Waals surface area (Å²) in [7, 11) is 0. The van der Waals surface area contributed by atoms with Gasteiger partial charge in [-0.05, 0) is 26.2 Å². The Kier molecular flexibility index (Phi) is 5.99. The van der Waals surface area contributed by atoms with Gasteiger partial charge in [-0.1, -0.05) is 13.8 Å². The number of carbonyl (C=O) groups excluding carboxylic acids is 1. The first-order valence-corrected chi connectivity index (χ1v) is 4.63. The van der Waals surface area contributed by atoms with Gasteiger partial charge in [-0.2, -0.15) is 0 Å². The maximum Gasteiger partial charge on any atom is 0.122 e. The topological polar surface area (TPSA) is 26.3 Å². The van der Waals surface area contributed by atoms with Crippen LogP contribution in [0.4, 0.5) is 0 Å². The van der Waals surface area contributed by atoms with Gasteiger partial charge in [0, 0.05) is 12.5 Å². The third kappa shape index (κ3) is 6.35. The lowest BCUT2D eigenvalue weighted by Gasteiger charge is -2.15. The molecular formula is C10H20O2. The molecule has 0 N–H and O–H groups in total. The van der Waals surface area contributed by atoms with Crippen LogP contribution in [0, 0.1) is 11.8 Å². The highest BCUT2D eigenvalue weighted by Crippen LogP contribution is 2.10. The summed E-state index contributed by atoms with van der Waals surface area (Å²) in [4.78, 5) is 10.3. The van der Waals surface area contributed by atoms with Gasteiger partial charge < -0.3 is 9.53 Å². The molecule has 0 heterocycles. The van der Waals surface area contributed by atoms with Crippen molar-refractivity contribution in [2.45, 2.75) is 40.2 Å². The zero-order valence-electron chi connectivity index (χ0n) is 8.54. The summed E-state index contributed by atoms with van der Waals surface area (Å²) in [5.41, 5.74) is 0. The molecule has 0 aromatic carbocycles. The van der Waals surface area contributed by atoms with Crippen molar-refractivity contribution in [3.8, 4) is 0 Å². The van der Waals surface area contributed by atoms with Gasteiger partial charge in [0.15, 0.2) is 0 Å². The summed E-state index contributed by atoms with van der Waals surface area (Å²) >= 11 is 0. The first-order valence-electron chi connectivity index (χ1n) is 4.63. The smallest absolute Gasteiger partial charge is 0.122 e. The van der Waals surface area contributed by atoms with Crippen LogP contribution >= 0.6 is 0 Å². The Morgan fingerprint density at radius 2 is 1.83 bits per heavy atom. The fourth-order valence-electron chi connectivity index (χ4n) is 1.11. The maximum atomic E-state index is 10.3. The molecular weight excluding hydrogens is 152 g/mol. The maximum absolute atomic E-state index is 10.3. The van der Waals surface area contributed by atoms with Crippen molar-refractivity contribution in [2.75, 3.05) is 6.61 Å². The fraction of sp³-hybridized carbons (Fsp3) is 0.900. The molecule has 12 heavy (non-hydrogen) atoms. The Bertz CT molecular complexity index is 121. The van der Waals surface area contributed by atoms with Crippen molar-refractivity contribution < 1.29 is 9.53 Å². The second-order valence-corrected chi connectivity index (χ2v) is 3.84. The van der Waals surface area contributed by atoms with E-state index in [9.17, 15) is 4.79 Å². The van der Waals surface area contributed by atoms with E-state index in [0.29, 0.717) is 12.0 Å². The van der Waals surface area contributed by atoms with E-state index in [1.807, 2.05) is 20.8 Å². The van der Waals surface area contributed by atoms with Crippen molar-refractivity contribution in [3.05, 3.63) is 0 Å². The predicted molar refractivity (Wildman–Crippen MR) is 50.1 cm³/mol. The molecule has 0 rings (SSSR count). The zero-order valence-corrected chi connectivity index (χ0v) is 8.54. The van der Waals surface area contributed by atoms with Crippen molar-refractivity contribution >= 4 is 6.29 Å². The molecule has 0 spiro atoms. The van der Waals surface area contributed by atoms with E-state index in [4.69, 9.17) is 4.74 Å². The van der Waals surface area contributed by atoms with Gasteiger partial charge >= 0.3 is 0 Å². The van der Waals surface area contributed by atoms with Crippen molar-refractivity contribution in [3.63, 3.8) is 0 Å². The molecule has 2 nitrogen and oxygen atoms in total. The molecule has 0 aliphatic rings. The van der Waals surface area contributed by atoms with Gasteiger partial charge in [0.25, 0.3) is 0 Å². The van der Waals surface area contributed by atoms with Crippen molar-refractivity contribution in [1.29, 1.82) is 0 Å². The summed E-state index contributed by atoms with van der Waals surface area (Å²) in [5.74, 6) is 0.642. The first kappa shape index (κ1) is 11.6. The fourth-order valence-corrected chi connectivity index (χ4v) is 1.11. The molecule has 0 aliphatic carbocycles. The van der Waals surface area contributed by atoms with Crippen LogP contribution in [0.15, 0.2) is 0 Å². The minimum Gasteiger partial charge on any atom is -0.379 e. The Morgan fingerprint density at radius 3 is 2.25 bits per heavy atom. The molecule has 72 valence electrons. The number of hydrogen-bond donors (Lipinski definition) is 0. The summed E-state index contributed by atoms with van der Waals surface area (Å²) in [6.07, 6.45) is 2.22. The average Bonchev–Trinajstić information content (AvgIpc) is 2.00. The molecule has 0 bridgehead atoms. The lowest BCUT2D eigenvalue weighted by Crippen LogP contribution is -2.14. The lowest BCUT2D eigenvalue weighted by atomic mass is 9.99. The number of aldehydes is 1. The molecule has 0 radical (unpaired) electrons. The van der Waals surface area contributed by atoms with Gasteiger partial charge in [0.2, 0.25) is 0 Å². The summed E-state index contributed by atoms with van der Waals surface area (Å²) in [5, 5.41) is 0. The van der Waals surface area contributed by atoms with Gasteiger partial charge in [0.05, 0.1) is 6.10 Å². The second kappa shape index (κ2) is 6.18. The van der Waals surface area contributed by atoms with Crippen LogP contribution in [0.5, 0.6) is 0 Å². The van der Waals surface area contributed by atoms with Crippen LogP contribution in [0.1, 0.15) is 34.1 Å². The standard InChI is InChI=1S/C10H20O2/c1-8(2)12-7-10(4)5-9(3)6-11/h6,8-10H,5,7H2,1-4H3. The third-order valence-electron chi connectivity index (χ3n) is 1.72. The molecule has 0 amide bonds. The monoisotopic (exact) mass is 172 g/mol. The molecule has 0 aromatic heterocycles. The molecule has 2 unspecified atom stereocenters. The van der Waals surface area contributed by atoms with Crippen LogP contribution < -0.4 is 0 Å². The Labute approximate surface area is 75.3 Å². The second-order valence-electron chi connectivity index (χ2n) is 3.84. The Balaban J connectivity index is 3.45. The van der Waals surface area contributed by atoms with Crippen LogP contribution in [-0.4, -0.2) is 19.0 Å². The molecule has 2 heteroatoms. The molecule has 2 atom stereocenters. The van der Waals surface area contributed by atoms with Crippen molar-refractivity contribution in [2.24, 2.45) is 11.8 Å². The number of hydrogen-bond acceptors (Lipinski definition) is 2. The van der Waals surface area contributed by atoms with E-state index < -0.39 is 0 Å². The number of carbonyl (C=O) groups is 1. The van der Waals surface area contributed by atoms with Gasteiger partial charge in [-0.3, -0.25) is 0 Å². The number of rotatable bonds is 6. The molecule has 0 fully saturated rings. The zero-order chi connectivity index (χ0) is 9.56. The average molecular weight is 172 g/mol. The van der Waals surface area contributed by atoms with Crippen LogP contribution in [0.2, 0.25) is 0 Å². The van der Waals surface area contributed by atoms with Gasteiger partial charge in [-0.15, -0.1) is 0 Å². The third-order valence-corrected chi connectivity index (χ3v) is 1.72. The van der Waals surface area contributed by atoms with Crippen LogP contribution in [-0.2, 0) is 9.53 Å². The number of ether oxygens (including phenoxy) is 1. The van der Waals surface area contributed by atoms with E-state index in [1.165, 1.54) is 0 Å². The minimum atomic E-state index is 0.163. The van der Waals surface area contributed by atoms with Gasteiger partial charge in [0.1, 0.15) is 6.29 Å². The quantitative estimate of drug-likeness (QED) is 0.574. The first-order chi connectivity index (χ1) is 5.56. The summed E-state index contributed by atoms with van der Waals surface area (Å²) < 4.78 is 5.43. The predicted octanol–water partition coefficient (Wildman–Crippen LogP) is 2.27. The molecule has 0 saturated heterocycles. The molecule has 0 aliphatic heterocycles. The van der Waals surface area contributed by atoms with E-state index >= 15 is 0 Å². The largest absolute Gasteiger partial charge is 0.379 e.